The minimum Gasteiger partial charge on any atom is -0.207 e. The van der Waals surface area contributed by atoms with Gasteiger partial charge >= 0.3 is 0 Å². The molecule has 3 rings (SSSR count). The van der Waals surface area contributed by atoms with Gasteiger partial charge in [-0.2, -0.15) is 0 Å². The van der Waals surface area contributed by atoms with Crippen LogP contribution in [0.3, 0.4) is 0 Å². The van der Waals surface area contributed by atoms with Gasteiger partial charge in [0.05, 0.1) is 4.90 Å². The SMILES string of the molecule is CC1(C)[C@H]2CC[C@@]1(C)[C@@H](NS(=O)(=O)c1ccc(F)c(F)c1)C2. The average Bonchev–Trinajstić information content (AvgIpc) is 2.74. The smallest absolute Gasteiger partial charge is 0.207 e. The molecule has 6 heteroatoms. The first-order valence-corrected chi connectivity index (χ1v) is 9.04. The van der Waals surface area contributed by atoms with Crippen LogP contribution in [0, 0.1) is 28.4 Å². The zero-order chi connectivity index (χ0) is 16.3. The number of hydrogen-bond donors (Lipinski definition) is 1. The molecule has 0 spiro atoms. The molecule has 0 unspecified atom stereocenters. The van der Waals surface area contributed by atoms with Gasteiger partial charge in [0, 0.05) is 6.04 Å². The van der Waals surface area contributed by atoms with Gasteiger partial charge in [0.1, 0.15) is 0 Å². The Kier molecular flexibility index (Phi) is 3.42. The van der Waals surface area contributed by atoms with Gasteiger partial charge in [-0.15, -0.1) is 0 Å². The topological polar surface area (TPSA) is 46.2 Å². The van der Waals surface area contributed by atoms with E-state index in [1.54, 1.807) is 0 Å². The van der Waals surface area contributed by atoms with Gasteiger partial charge in [-0.25, -0.2) is 21.9 Å². The highest BCUT2D eigenvalue weighted by molar-refractivity contribution is 7.89. The second kappa shape index (κ2) is 4.74. The summed E-state index contributed by atoms with van der Waals surface area (Å²) in [7, 11) is -3.85. The van der Waals surface area contributed by atoms with Gasteiger partial charge in [-0.1, -0.05) is 20.8 Å². The second-order valence-electron chi connectivity index (χ2n) is 7.36. The molecule has 3 nitrogen and oxygen atoms in total. The van der Waals surface area contributed by atoms with Crippen molar-refractivity contribution >= 4 is 10.0 Å². The summed E-state index contributed by atoms with van der Waals surface area (Å²) in [5.74, 6) is -1.70. The molecule has 22 heavy (non-hydrogen) atoms. The first-order valence-electron chi connectivity index (χ1n) is 7.55. The van der Waals surface area contributed by atoms with E-state index in [9.17, 15) is 17.2 Å². The number of halogens is 2. The maximum atomic E-state index is 13.3. The Labute approximate surface area is 130 Å². The molecule has 0 aromatic heterocycles. The first-order chi connectivity index (χ1) is 10.1. The monoisotopic (exact) mass is 329 g/mol. The van der Waals surface area contributed by atoms with Crippen molar-refractivity contribution < 1.29 is 17.2 Å². The fraction of sp³-hybridized carbons (Fsp3) is 0.625. The fourth-order valence-electron chi connectivity index (χ4n) is 4.28. The van der Waals surface area contributed by atoms with Crippen molar-refractivity contribution in [2.75, 3.05) is 0 Å². The third-order valence-electron chi connectivity index (χ3n) is 6.29. The molecule has 0 aliphatic heterocycles. The molecule has 0 amide bonds. The Morgan fingerprint density at radius 1 is 1.18 bits per heavy atom. The molecule has 1 aromatic rings. The second-order valence-corrected chi connectivity index (χ2v) is 9.07. The number of rotatable bonds is 3. The number of sulfonamides is 1. The lowest BCUT2D eigenvalue weighted by Gasteiger charge is -2.39. The molecule has 0 radical (unpaired) electrons. The summed E-state index contributed by atoms with van der Waals surface area (Å²) in [4.78, 5) is -0.226. The lowest BCUT2D eigenvalue weighted by atomic mass is 9.69. The van der Waals surface area contributed by atoms with E-state index >= 15 is 0 Å². The summed E-state index contributed by atoms with van der Waals surface area (Å²) in [6.07, 6.45) is 2.90. The molecule has 1 N–H and O–H groups in total. The van der Waals surface area contributed by atoms with Crippen LogP contribution in [0.2, 0.25) is 0 Å². The van der Waals surface area contributed by atoms with Crippen LogP contribution in [0.1, 0.15) is 40.0 Å². The van der Waals surface area contributed by atoms with E-state index in [2.05, 4.69) is 25.5 Å². The quantitative estimate of drug-likeness (QED) is 0.923. The van der Waals surface area contributed by atoms with E-state index in [-0.39, 0.29) is 21.8 Å². The van der Waals surface area contributed by atoms with Crippen molar-refractivity contribution in [3.05, 3.63) is 29.8 Å². The predicted molar refractivity (Wildman–Crippen MR) is 79.7 cm³/mol. The lowest BCUT2D eigenvalue weighted by molar-refractivity contribution is 0.130. The predicted octanol–water partition coefficient (Wildman–Crippen LogP) is 3.46. The third kappa shape index (κ3) is 2.11. The Balaban J connectivity index is 1.88. The highest BCUT2D eigenvalue weighted by Crippen LogP contribution is 2.65. The standard InChI is InChI=1S/C16H21F2NO2S/c1-15(2)10-6-7-16(15,3)14(8-10)19-22(20,21)11-4-5-12(17)13(18)9-11/h4-5,9-10,14,19H,6-8H2,1-3H3/t10-,14-,16-/m0/s1. The van der Waals surface area contributed by atoms with Gasteiger partial charge in [0.2, 0.25) is 10.0 Å². The minimum atomic E-state index is -3.85. The lowest BCUT2D eigenvalue weighted by Crippen LogP contribution is -2.46. The molecule has 0 heterocycles. The van der Waals surface area contributed by atoms with Crippen molar-refractivity contribution in [2.24, 2.45) is 16.7 Å². The Morgan fingerprint density at radius 2 is 1.86 bits per heavy atom. The maximum Gasteiger partial charge on any atom is 0.240 e. The zero-order valence-corrected chi connectivity index (χ0v) is 13.8. The molecule has 2 saturated carbocycles. The zero-order valence-electron chi connectivity index (χ0n) is 13.0. The van der Waals surface area contributed by atoms with E-state index in [1.807, 2.05) is 0 Å². The highest BCUT2D eigenvalue weighted by Gasteiger charge is 2.61. The number of nitrogens with one attached hydrogen (secondary N) is 1. The minimum absolute atomic E-state index is 0.0776. The molecule has 2 aliphatic rings. The molecule has 3 atom stereocenters. The maximum absolute atomic E-state index is 13.3. The van der Waals surface area contributed by atoms with Crippen LogP contribution in [0.25, 0.3) is 0 Å². The van der Waals surface area contributed by atoms with Crippen LogP contribution >= 0.6 is 0 Å². The van der Waals surface area contributed by atoms with Crippen molar-refractivity contribution in [1.29, 1.82) is 0 Å². The van der Waals surface area contributed by atoms with Crippen molar-refractivity contribution in [1.82, 2.24) is 4.72 Å². The van der Waals surface area contributed by atoms with Crippen LogP contribution in [-0.4, -0.2) is 14.5 Å². The molecule has 1 aromatic carbocycles. The van der Waals surface area contributed by atoms with Crippen LogP contribution in [0.5, 0.6) is 0 Å². The fourth-order valence-corrected chi connectivity index (χ4v) is 5.65. The summed E-state index contributed by atoms with van der Waals surface area (Å²) >= 11 is 0. The molecular formula is C16H21F2NO2S. The van der Waals surface area contributed by atoms with Gasteiger partial charge in [0.15, 0.2) is 11.6 Å². The molecule has 2 fully saturated rings. The average molecular weight is 329 g/mol. The van der Waals surface area contributed by atoms with Gasteiger partial charge < -0.3 is 0 Å². The molecule has 122 valence electrons. The number of benzene rings is 1. The molecule has 0 saturated heterocycles. The summed E-state index contributed by atoms with van der Waals surface area (Å²) in [6.45, 7) is 6.51. The van der Waals surface area contributed by atoms with Crippen molar-refractivity contribution in [3.63, 3.8) is 0 Å². The summed E-state index contributed by atoms with van der Waals surface area (Å²) in [6, 6.07) is 2.51. The van der Waals surface area contributed by atoms with Crippen LogP contribution in [-0.2, 0) is 10.0 Å². The van der Waals surface area contributed by atoms with Crippen LogP contribution in [0.15, 0.2) is 23.1 Å². The molecule has 2 aliphatic carbocycles. The van der Waals surface area contributed by atoms with E-state index in [0.717, 1.165) is 37.5 Å². The van der Waals surface area contributed by atoms with Crippen LogP contribution in [0.4, 0.5) is 8.78 Å². The first kappa shape index (κ1) is 15.9. The van der Waals surface area contributed by atoms with E-state index in [4.69, 9.17) is 0 Å². The summed E-state index contributed by atoms with van der Waals surface area (Å²) < 4.78 is 54.0. The third-order valence-corrected chi connectivity index (χ3v) is 7.76. The number of hydrogen-bond acceptors (Lipinski definition) is 2. The van der Waals surface area contributed by atoms with Crippen molar-refractivity contribution in [2.45, 2.75) is 51.0 Å². The molecule has 2 bridgehead atoms. The highest BCUT2D eigenvalue weighted by atomic mass is 32.2. The largest absolute Gasteiger partial charge is 0.240 e. The molecular weight excluding hydrogens is 308 g/mol. The Morgan fingerprint density at radius 3 is 2.36 bits per heavy atom. The summed E-state index contributed by atoms with van der Waals surface area (Å²) in [5.41, 5.74) is -0.0302. The Bertz CT molecular complexity index is 717. The van der Waals surface area contributed by atoms with Gasteiger partial charge in [-0.05, 0) is 54.2 Å². The van der Waals surface area contributed by atoms with E-state index in [1.165, 1.54) is 0 Å². The van der Waals surface area contributed by atoms with Crippen LogP contribution < -0.4 is 4.72 Å². The van der Waals surface area contributed by atoms with Gasteiger partial charge in [-0.3, -0.25) is 0 Å². The normalized spacial score (nSPS) is 33.3. The van der Waals surface area contributed by atoms with Crippen molar-refractivity contribution in [3.8, 4) is 0 Å². The number of fused-ring (bicyclic) bond motifs is 2. The van der Waals surface area contributed by atoms with E-state index in [0.29, 0.717) is 5.92 Å². The van der Waals surface area contributed by atoms with E-state index < -0.39 is 21.7 Å². The Hall–Kier alpha value is -1.01. The van der Waals surface area contributed by atoms with Gasteiger partial charge in [0.25, 0.3) is 0 Å². The summed E-state index contributed by atoms with van der Waals surface area (Å²) in [5, 5.41) is 0.